The second kappa shape index (κ2) is 4.52. The van der Waals surface area contributed by atoms with Crippen LogP contribution < -0.4 is 5.46 Å². The lowest BCUT2D eigenvalue weighted by Crippen LogP contribution is -2.22. The van der Waals surface area contributed by atoms with Crippen molar-refractivity contribution >= 4 is 20.8 Å². The predicted octanol–water partition coefficient (Wildman–Crippen LogP) is 3.91. The standard InChI is InChI=1S/C17H22BSi/c1-12-15-7-5-6-8-16(15)18-17(12)13-9-10-14(11-13)19(2,3)4/h5-13,17H,1-4H3. The number of benzene rings is 1. The van der Waals surface area contributed by atoms with Gasteiger partial charge in [0.05, 0.1) is 8.07 Å². The number of allylic oxidation sites excluding steroid dienone is 4. The summed E-state index contributed by atoms with van der Waals surface area (Å²) in [4.78, 5) is 0. The summed E-state index contributed by atoms with van der Waals surface area (Å²) in [5.41, 5.74) is 2.97. The molecule has 0 saturated heterocycles. The van der Waals surface area contributed by atoms with Gasteiger partial charge in [0, 0.05) is 0 Å². The van der Waals surface area contributed by atoms with Crippen molar-refractivity contribution in [1.82, 2.24) is 0 Å². The van der Waals surface area contributed by atoms with Crippen molar-refractivity contribution in [2.24, 2.45) is 5.92 Å². The van der Waals surface area contributed by atoms with Crippen molar-refractivity contribution in [2.45, 2.75) is 38.3 Å². The molecule has 0 N–H and O–H groups in total. The van der Waals surface area contributed by atoms with Crippen molar-refractivity contribution in [3.8, 4) is 0 Å². The highest BCUT2D eigenvalue weighted by atomic mass is 28.3. The minimum Gasteiger partial charge on any atom is -0.0840 e. The largest absolute Gasteiger partial charge is 0.157 e. The van der Waals surface area contributed by atoms with Crippen LogP contribution >= 0.6 is 0 Å². The van der Waals surface area contributed by atoms with Crippen LogP contribution in [0.25, 0.3) is 0 Å². The molecule has 0 saturated carbocycles. The molecular weight excluding hydrogens is 243 g/mol. The summed E-state index contributed by atoms with van der Waals surface area (Å²) >= 11 is 0. The summed E-state index contributed by atoms with van der Waals surface area (Å²) in [6.07, 6.45) is 7.35. The van der Waals surface area contributed by atoms with E-state index in [-0.39, 0.29) is 0 Å². The maximum Gasteiger partial charge on any atom is 0.157 e. The van der Waals surface area contributed by atoms with Crippen molar-refractivity contribution in [1.29, 1.82) is 0 Å². The highest BCUT2D eigenvalue weighted by Crippen LogP contribution is 2.42. The molecule has 3 atom stereocenters. The van der Waals surface area contributed by atoms with Gasteiger partial charge in [0.15, 0.2) is 7.28 Å². The first-order chi connectivity index (χ1) is 8.97. The van der Waals surface area contributed by atoms with Crippen LogP contribution in [0.1, 0.15) is 18.4 Å². The zero-order chi connectivity index (χ0) is 13.6. The average Bonchev–Trinajstić information content (AvgIpc) is 2.94. The van der Waals surface area contributed by atoms with E-state index < -0.39 is 8.07 Å². The van der Waals surface area contributed by atoms with Crippen LogP contribution in [-0.2, 0) is 0 Å². The summed E-state index contributed by atoms with van der Waals surface area (Å²) in [5.74, 6) is 1.88. The molecule has 1 aromatic rings. The molecule has 1 radical (unpaired) electrons. The number of rotatable bonds is 2. The minimum absolute atomic E-state index is 0.601. The fraction of sp³-hybridized carbons (Fsp3) is 0.412. The van der Waals surface area contributed by atoms with Gasteiger partial charge in [-0.1, -0.05) is 85.3 Å². The Hall–Kier alpha value is -1.02. The predicted molar refractivity (Wildman–Crippen MR) is 88.1 cm³/mol. The van der Waals surface area contributed by atoms with Gasteiger partial charge in [-0.3, -0.25) is 0 Å². The van der Waals surface area contributed by atoms with E-state index >= 15 is 0 Å². The van der Waals surface area contributed by atoms with E-state index in [1.54, 1.807) is 5.20 Å². The molecule has 0 fully saturated rings. The molecule has 0 amide bonds. The molecule has 19 heavy (non-hydrogen) atoms. The molecule has 97 valence electrons. The zero-order valence-corrected chi connectivity index (χ0v) is 13.4. The van der Waals surface area contributed by atoms with Gasteiger partial charge in [-0.15, -0.1) is 0 Å². The normalized spacial score (nSPS) is 29.1. The smallest absolute Gasteiger partial charge is 0.0840 e. The third-order valence-electron chi connectivity index (χ3n) is 4.62. The zero-order valence-electron chi connectivity index (χ0n) is 12.4. The maximum absolute atomic E-state index is 2.54. The van der Waals surface area contributed by atoms with Crippen LogP contribution in [0, 0.1) is 5.92 Å². The van der Waals surface area contributed by atoms with Gasteiger partial charge in [-0.2, -0.15) is 0 Å². The quantitative estimate of drug-likeness (QED) is 0.711. The van der Waals surface area contributed by atoms with Gasteiger partial charge in [-0.25, -0.2) is 0 Å². The summed E-state index contributed by atoms with van der Waals surface area (Å²) in [6, 6.07) is 8.86. The lowest BCUT2D eigenvalue weighted by molar-refractivity contribution is 0.622. The molecule has 0 spiro atoms. The topological polar surface area (TPSA) is 0 Å². The highest BCUT2D eigenvalue weighted by molar-refractivity contribution is 6.83. The van der Waals surface area contributed by atoms with Gasteiger partial charge < -0.3 is 0 Å². The second-order valence-electron chi connectivity index (χ2n) is 6.97. The van der Waals surface area contributed by atoms with Gasteiger partial charge in [0.1, 0.15) is 0 Å². The fourth-order valence-corrected chi connectivity index (χ4v) is 4.64. The molecule has 1 aromatic carbocycles. The Morgan fingerprint density at radius 1 is 1.11 bits per heavy atom. The van der Waals surface area contributed by atoms with Crippen LogP contribution in [0.4, 0.5) is 0 Å². The summed E-state index contributed by atoms with van der Waals surface area (Å²) in [7, 11) is 1.33. The van der Waals surface area contributed by atoms with E-state index in [0.29, 0.717) is 17.7 Å². The second-order valence-corrected chi connectivity index (χ2v) is 12.0. The van der Waals surface area contributed by atoms with Gasteiger partial charge >= 0.3 is 0 Å². The average molecular weight is 265 g/mol. The molecule has 0 aromatic heterocycles. The number of hydrogen-bond acceptors (Lipinski definition) is 0. The maximum atomic E-state index is 2.54. The Morgan fingerprint density at radius 2 is 1.84 bits per heavy atom. The monoisotopic (exact) mass is 265 g/mol. The Bertz CT molecular complexity index is 551. The Morgan fingerprint density at radius 3 is 2.47 bits per heavy atom. The molecule has 0 nitrogen and oxygen atoms in total. The molecule has 2 aliphatic rings. The number of fused-ring (bicyclic) bond motifs is 1. The summed E-state index contributed by atoms with van der Waals surface area (Å²) in [6.45, 7) is 9.67. The first kappa shape index (κ1) is 13.0. The summed E-state index contributed by atoms with van der Waals surface area (Å²) in [5, 5.41) is 1.62. The molecule has 1 aliphatic heterocycles. The molecule has 2 heteroatoms. The highest BCUT2D eigenvalue weighted by Gasteiger charge is 2.35. The van der Waals surface area contributed by atoms with Crippen LogP contribution in [0.3, 0.4) is 0 Å². The minimum atomic E-state index is -1.16. The van der Waals surface area contributed by atoms with Crippen molar-refractivity contribution in [3.05, 3.63) is 53.3 Å². The van der Waals surface area contributed by atoms with Gasteiger partial charge in [0.2, 0.25) is 0 Å². The van der Waals surface area contributed by atoms with Crippen LogP contribution in [0.2, 0.25) is 25.5 Å². The van der Waals surface area contributed by atoms with Crippen molar-refractivity contribution < 1.29 is 0 Å². The summed E-state index contributed by atoms with van der Waals surface area (Å²) < 4.78 is 0. The third kappa shape index (κ3) is 2.27. The van der Waals surface area contributed by atoms with Gasteiger partial charge in [-0.05, 0) is 17.7 Å². The van der Waals surface area contributed by atoms with Crippen molar-refractivity contribution in [3.63, 3.8) is 0 Å². The fourth-order valence-electron chi connectivity index (χ4n) is 3.35. The van der Waals surface area contributed by atoms with E-state index in [4.69, 9.17) is 0 Å². The molecule has 3 unspecified atom stereocenters. The molecule has 0 bridgehead atoms. The van der Waals surface area contributed by atoms with Crippen molar-refractivity contribution in [2.75, 3.05) is 0 Å². The van der Waals surface area contributed by atoms with E-state index in [1.807, 2.05) is 0 Å². The molecule has 3 rings (SSSR count). The third-order valence-corrected chi connectivity index (χ3v) is 6.68. The lowest BCUT2D eigenvalue weighted by Gasteiger charge is -2.21. The number of hydrogen-bond donors (Lipinski definition) is 0. The Balaban J connectivity index is 1.84. The van der Waals surface area contributed by atoms with Crippen LogP contribution in [-0.4, -0.2) is 15.4 Å². The van der Waals surface area contributed by atoms with Gasteiger partial charge in [0.25, 0.3) is 0 Å². The lowest BCUT2D eigenvalue weighted by atomic mass is 9.57. The SMILES string of the molecule is CC1c2ccccc2[B]C1C1C=CC([Si](C)(C)C)=C1. The Kier molecular flexibility index (Phi) is 3.09. The molecule has 1 heterocycles. The Labute approximate surface area is 118 Å². The molecular formula is C17H22BSi. The van der Waals surface area contributed by atoms with E-state index in [0.717, 1.165) is 0 Å². The van der Waals surface area contributed by atoms with E-state index in [9.17, 15) is 0 Å². The van der Waals surface area contributed by atoms with Crippen LogP contribution in [0.5, 0.6) is 0 Å². The molecule has 1 aliphatic carbocycles. The van der Waals surface area contributed by atoms with Crippen LogP contribution in [0.15, 0.2) is 47.7 Å². The first-order valence-corrected chi connectivity index (χ1v) is 10.8. The van der Waals surface area contributed by atoms with E-state index in [1.165, 1.54) is 11.0 Å². The first-order valence-electron chi connectivity index (χ1n) is 7.31. The van der Waals surface area contributed by atoms with E-state index in [2.05, 4.69) is 76.3 Å².